The van der Waals surface area contributed by atoms with Gasteiger partial charge in [-0.2, -0.15) is 0 Å². The molecule has 0 fully saturated rings. The van der Waals surface area contributed by atoms with E-state index in [1.54, 1.807) is 30.3 Å². The third-order valence-electron chi connectivity index (χ3n) is 2.59. The van der Waals surface area contributed by atoms with Gasteiger partial charge >= 0.3 is 0 Å². The van der Waals surface area contributed by atoms with Crippen LogP contribution < -0.4 is 5.11 Å². The fourth-order valence-corrected chi connectivity index (χ4v) is 1.94. The van der Waals surface area contributed by atoms with E-state index in [9.17, 15) is 28.0 Å². The van der Waals surface area contributed by atoms with Gasteiger partial charge < -0.3 is 19.6 Å². The van der Waals surface area contributed by atoms with Crippen LogP contribution in [0.3, 0.4) is 0 Å². The predicted octanol–water partition coefficient (Wildman–Crippen LogP) is -1.92. The molecule has 0 aliphatic carbocycles. The molecule has 0 heterocycles. The molecule has 1 atom stereocenters. The lowest BCUT2D eigenvalue weighted by Crippen LogP contribution is -2.44. The minimum atomic E-state index is -4.81. The van der Waals surface area contributed by atoms with Crippen molar-refractivity contribution < 1.29 is 32.2 Å². The fourth-order valence-electron chi connectivity index (χ4n) is 1.66. The molecule has 8 nitrogen and oxygen atoms in total. The van der Waals surface area contributed by atoms with Gasteiger partial charge in [-0.3, -0.25) is 9.08 Å². The Morgan fingerprint density at radius 1 is 1.33 bits per heavy atom. The van der Waals surface area contributed by atoms with Crippen molar-refractivity contribution in [3.63, 3.8) is 0 Å². The number of carboxylic acids is 1. The van der Waals surface area contributed by atoms with Crippen molar-refractivity contribution in [3.8, 4) is 0 Å². The average molecular weight is 317 g/mol. The minimum absolute atomic E-state index is 0.0410. The zero-order valence-electron chi connectivity index (χ0n) is 11.0. The van der Waals surface area contributed by atoms with E-state index in [0.29, 0.717) is 0 Å². The van der Waals surface area contributed by atoms with Crippen molar-refractivity contribution in [2.75, 3.05) is 19.7 Å². The lowest BCUT2D eigenvalue weighted by Gasteiger charge is -2.25. The second kappa shape index (κ2) is 8.05. The summed E-state index contributed by atoms with van der Waals surface area (Å²) in [5, 5.41) is 19.9. The number of carboxylic acid groups (broad SMARTS) is 1. The Labute approximate surface area is 122 Å². The molecule has 0 radical (unpaired) electrons. The molecule has 0 bridgehead atoms. The van der Waals surface area contributed by atoms with Crippen LogP contribution in [0.5, 0.6) is 0 Å². The summed E-state index contributed by atoms with van der Waals surface area (Å²) in [6, 6.07) is 8.92. The summed E-state index contributed by atoms with van der Waals surface area (Å²) in [7, 11) is -4.81. The molecule has 1 rings (SSSR count). The van der Waals surface area contributed by atoms with Crippen molar-refractivity contribution in [2.24, 2.45) is 0 Å². The molecule has 21 heavy (non-hydrogen) atoms. The maximum atomic E-state index is 10.6. The van der Waals surface area contributed by atoms with Crippen LogP contribution in [-0.4, -0.2) is 54.7 Å². The van der Waals surface area contributed by atoms with E-state index in [4.69, 9.17) is 0 Å². The van der Waals surface area contributed by atoms with Gasteiger partial charge in [0.05, 0.1) is 12.6 Å². The molecule has 1 N–H and O–H groups in total. The van der Waals surface area contributed by atoms with E-state index in [1.807, 2.05) is 0 Å². The third-order valence-corrected chi connectivity index (χ3v) is 3.04. The Morgan fingerprint density at radius 2 is 1.95 bits per heavy atom. The van der Waals surface area contributed by atoms with Gasteiger partial charge in [0.15, 0.2) is 0 Å². The van der Waals surface area contributed by atoms with Gasteiger partial charge in [0.2, 0.25) is 10.4 Å². The molecular formula is C12H15NO7S-2. The highest BCUT2D eigenvalue weighted by molar-refractivity contribution is 7.80. The molecule has 0 saturated carbocycles. The van der Waals surface area contributed by atoms with Gasteiger partial charge in [-0.25, -0.2) is 8.42 Å². The zero-order chi connectivity index (χ0) is 15.9. The number of aliphatic carboxylic acids is 1. The molecular weight excluding hydrogens is 302 g/mol. The van der Waals surface area contributed by atoms with Gasteiger partial charge in [-0.15, -0.1) is 0 Å². The normalized spacial score (nSPS) is 13.3. The first-order valence-electron chi connectivity index (χ1n) is 6.03. The maximum absolute atomic E-state index is 10.6. The summed E-state index contributed by atoms with van der Waals surface area (Å²) in [5.74, 6) is -1.63. The number of hydrogen-bond donors (Lipinski definition) is 1. The van der Waals surface area contributed by atoms with E-state index in [1.165, 1.54) is 4.90 Å². The van der Waals surface area contributed by atoms with Crippen molar-refractivity contribution in [1.29, 1.82) is 0 Å². The second-order valence-corrected chi connectivity index (χ2v) is 5.34. The molecule has 0 unspecified atom stereocenters. The maximum Gasteiger partial charge on any atom is 0.217 e. The largest absolute Gasteiger partial charge is 0.726 e. The zero-order valence-corrected chi connectivity index (χ0v) is 11.9. The van der Waals surface area contributed by atoms with Crippen molar-refractivity contribution in [3.05, 3.63) is 35.9 Å². The summed E-state index contributed by atoms with van der Waals surface area (Å²) in [6.45, 7) is -0.494. The molecule has 0 aliphatic rings. The quantitative estimate of drug-likeness (QED) is 0.412. The van der Waals surface area contributed by atoms with E-state index < -0.39 is 29.1 Å². The van der Waals surface area contributed by atoms with Crippen molar-refractivity contribution >= 4 is 16.4 Å². The molecule has 0 aromatic heterocycles. The summed E-state index contributed by atoms with van der Waals surface area (Å²) in [4.78, 5) is 12.0. The number of rotatable bonds is 9. The van der Waals surface area contributed by atoms with Crippen molar-refractivity contribution in [2.45, 2.75) is 12.6 Å². The molecule has 9 heteroatoms. The van der Waals surface area contributed by atoms with Crippen LogP contribution in [0.25, 0.3) is 0 Å². The first-order chi connectivity index (χ1) is 9.78. The minimum Gasteiger partial charge on any atom is -0.726 e. The van der Waals surface area contributed by atoms with Gasteiger partial charge in [0, 0.05) is 19.6 Å². The Balaban J connectivity index is 2.63. The monoisotopic (exact) mass is 317 g/mol. The van der Waals surface area contributed by atoms with Crippen LogP contribution in [0.4, 0.5) is 0 Å². The molecule has 118 valence electrons. The first-order valence-corrected chi connectivity index (χ1v) is 7.36. The second-order valence-electron chi connectivity index (χ2n) is 4.29. The van der Waals surface area contributed by atoms with Crippen molar-refractivity contribution in [1.82, 2.24) is 4.90 Å². The van der Waals surface area contributed by atoms with E-state index in [0.717, 1.165) is 5.56 Å². The molecule has 0 aliphatic heterocycles. The highest BCUT2D eigenvalue weighted by atomic mass is 32.3. The lowest BCUT2D eigenvalue weighted by atomic mass is 10.2. The smallest absolute Gasteiger partial charge is 0.217 e. The molecule has 0 saturated heterocycles. The van der Waals surface area contributed by atoms with E-state index in [2.05, 4.69) is 4.18 Å². The van der Waals surface area contributed by atoms with Gasteiger partial charge in [-0.1, -0.05) is 30.3 Å². The number of benzene rings is 1. The van der Waals surface area contributed by atoms with Crippen LogP contribution >= 0.6 is 0 Å². The van der Waals surface area contributed by atoms with Crippen LogP contribution in [0.2, 0.25) is 0 Å². The Bertz CT molecular complexity index is 546. The number of aliphatic hydroxyl groups excluding tert-OH is 1. The highest BCUT2D eigenvalue weighted by Gasteiger charge is 2.13. The van der Waals surface area contributed by atoms with Crippen LogP contribution in [0.1, 0.15) is 5.56 Å². The van der Waals surface area contributed by atoms with Crippen LogP contribution in [-0.2, 0) is 25.9 Å². The summed E-state index contributed by atoms with van der Waals surface area (Å²) in [6.07, 6.45) is -1.72. The first kappa shape index (κ1) is 17.5. The molecule has 0 amide bonds. The van der Waals surface area contributed by atoms with Gasteiger partial charge in [0.25, 0.3) is 0 Å². The van der Waals surface area contributed by atoms with Gasteiger partial charge in [0.1, 0.15) is 6.10 Å². The van der Waals surface area contributed by atoms with Gasteiger partial charge in [-0.05, 0) is 5.56 Å². The molecule has 1 aromatic carbocycles. The number of nitrogens with zero attached hydrogens (tertiary/aromatic N) is 1. The summed E-state index contributed by atoms with van der Waals surface area (Å²) >= 11 is 0. The summed E-state index contributed by atoms with van der Waals surface area (Å²) in [5.41, 5.74) is 0.827. The number of hydrogen-bond acceptors (Lipinski definition) is 8. The number of carbonyl (C=O) groups excluding carboxylic acids is 1. The Hall–Kier alpha value is -1.52. The fraction of sp³-hybridized carbons (Fsp3) is 0.417. The SMILES string of the molecule is O=C([O-])[C@@H](O)CN(CCOS(=O)(=O)[O-])Cc1ccccc1. The van der Waals surface area contributed by atoms with Crippen LogP contribution in [0, 0.1) is 0 Å². The Kier molecular flexibility index (Phi) is 6.72. The lowest BCUT2D eigenvalue weighted by molar-refractivity contribution is -0.315. The van der Waals surface area contributed by atoms with E-state index >= 15 is 0 Å². The van der Waals surface area contributed by atoms with Crippen LogP contribution in [0.15, 0.2) is 30.3 Å². The molecule has 1 aromatic rings. The predicted molar refractivity (Wildman–Crippen MR) is 68.4 cm³/mol. The topological polar surface area (TPSA) is 130 Å². The standard InChI is InChI=1S/C12H17NO7S/c14-11(12(15)16)9-13(6-7-20-21(17,18)19)8-10-4-2-1-3-5-10/h1-5,11,14H,6-9H2,(H,15,16)(H,17,18,19)/p-2/t11-/m0/s1. The highest BCUT2D eigenvalue weighted by Crippen LogP contribution is 2.05. The van der Waals surface area contributed by atoms with E-state index in [-0.39, 0.29) is 19.6 Å². The Morgan fingerprint density at radius 3 is 2.48 bits per heavy atom. The third kappa shape index (κ3) is 7.73. The number of carbonyl (C=O) groups is 1. The number of aliphatic hydroxyl groups is 1. The average Bonchev–Trinajstić information content (AvgIpc) is 2.38. The molecule has 0 spiro atoms. The summed E-state index contributed by atoms with van der Waals surface area (Å²) < 4.78 is 35.1.